The summed E-state index contributed by atoms with van der Waals surface area (Å²) in [6, 6.07) is 26.4. The zero-order chi connectivity index (χ0) is 28.9. The number of anilines is 1. The first-order chi connectivity index (χ1) is 20.6. The van der Waals surface area contributed by atoms with E-state index in [1.807, 2.05) is 24.3 Å². The molecule has 0 saturated carbocycles. The van der Waals surface area contributed by atoms with Crippen molar-refractivity contribution >= 4 is 28.2 Å². The fourth-order valence-corrected chi connectivity index (χ4v) is 7.01. The van der Waals surface area contributed by atoms with Gasteiger partial charge in [0.2, 0.25) is 0 Å². The van der Waals surface area contributed by atoms with Crippen molar-refractivity contribution in [1.29, 1.82) is 0 Å². The molecule has 222 valence electrons. The quantitative estimate of drug-likeness (QED) is 0.188. The fraction of sp³-hybridized carbons (Fsp3) is 0.444. The van der Waals surface area contributed by atoms with Gasteiger partial charge >= 0.3 is 0 Å². The molecular weight excluding hydrogens is 540 g/mol. The van der Waals surface area contributed by atoms with Crippen LogP contribution in [0.4, 0.5) is 5.69 Å². The van der Waals surface area contributed by atoms with Gasteiger partial charge in [0.05, 0.1) is 5.69 Å². The molecule has 2 saturated heterocycles. The molecule has 5 nitrogen and oxygen atoms in total. The number of hydrogen-bond donors (Lipinski definition) is 0. The number of ether oxygens (including phenoxy) is 1. The van der Waals surface area contributed by atoms with Crippen molar-refractivity contribution in [3.63, 3.8) is 0 Å². The first kappa shape index (κ1) is 29.1. The third-order valence-corrected chi connectivity index (χ3v) is 9.49. The van der Waals surface area contributed by atoms with Crippen molar-refractivity contribution in [2.45, 2.75) is 64.3 Å². The summed E-state index contributed by atoms with van der Waals surface area (Å²) in [7, 11) is 4.22. The molecule has 4 aromatic rings. The van der Waals surface area contributed by atoms with Gasteiger partial charge in [-0.2, -0.15) is 0 Å². The normalized spacial score (nSPS) is 18.4. The van der Waals surface area contributed by atoms with Gasteiger partial charge < -0.3 is 19.1 Å². The minimum Gasteiger partial charge on any atom is -0.487 e. The van der Waals surface area contributed by atoms with E-state index in [1.54, 1.807) is 0 Å². The molecule has 0 N–H and O–H groups in total. The second-order valence-electron chi connectivity index (χ2n) is 12.2. The molecule has 1 unspecified atom stereocenters. The summed E-state index contributed by atoms with van der Waals surface area (Å²) in [5.41, 5.74) is 6.71. The summed E-state index contributed by atoms with van der Waals surface area (Å²) in [6.07, 6.45) is 7.72. The van der Waals surface area contributed by atoms with Gasteiger partial charge in [0.25, 0.3) is 0 Å². The number of para-hydroxylation sites is 1. The number of benzene rings is 3. The highest BCUT2D eigenvalue weighted by molar-refractivity contribution is 6.30. The fourth-order valence-electron chi connectivity index (χ4n) is 6.89. The van der Waals surface area contributed by atoms with Crippen LogP contribution in [0.5, 0.6) is 5.75 Å². The lowest BCUT2D eigenvalue weighted by Crippen LogP contribution is -2.34. The highest BCUT2D eigenvalue weighted by atomic mass is 35.5. The Morgan fingerprint density at radius 3 is 2.31 bits per heavy atom. The van der Waals surface area contributed by atoms with Gasteiger partial charge in [-0.15, -0.1) is 0 Å². The van der Waals surface area contributed by atoms with Gasteiger partial charge in [-0.3, -0.25) is 4.90 Å². The molecule has 3 heterocycles. The first-order valence-electron chi connectivity index (χ1n) is 15.8. The molecule has 3 aromatic carbocycles. The molecule has 42 heavy (non-hydrogen) atoms. The van der Waals surface area contributed by atoms with Crippen LogP contribution >= 0.6 is 11.6 Å². The number of nitrogens with zero attached hydrogens (tertiary/aromatic N) is 4. The SMILES string of the molecule is CN(C)c1ccc(C2CCCCN2Cc2c(COc3ccc(Cl)cc3)n(CCN3CCCCC3)c3ccccc23)cc1. The maximum Gasteiger partial charge on any atom is 0.129 e. The van der Waals surface area contributed by atoms with E-state index < -0.39 is 0 Å². The number of piperidine rings is 2. The zero-order valence-corrected chi connectivity index (χ0v) is 26.0. The van der Waals surface area contributed by atoms with Crippen molar-refractivity contribution in [1.82, 2.24) is 14.4 Å². The van der Waals surface area contributed by atoms with E-state index in [9.17, 15) is 0 Å². The molecule has 6 heteroatoms. The highest BCUT2D eigenvalue weighted by Crippen LogP contribution is 2.36. The van der Waals surface area contributed by atoms with Crippen LogP contribution in [-0.2, 0) is 19.7 Å². The highest BCUT2D eigenvalue weighted by Gasteiger charge is 2.27. The maximum atomic E-state index is 6.47. The molecule has 0 amide bonds. The van der Waals surface area contributed by atoms with Crippen molar-refractivity contribution in [3.8, 4) is 5.75 Å². The van der Waals surface area contributed by atoms with Crippen LogP contribution in [0.3, 0.4) is 0 Å². The van der Waals surface area contributed by atoms with Gasteiger partial charge in [0, 0.05) is 61.4 Å². The third kappa shape index (κ3) is 6.64. The topological polar surface area (TPSA) is 23.9 Å². The molecule has 1 aromatic heterocycles. The summed E-state index contributed by atoms with van der Waals surface area (Å²) in [6.45, 7) is 7.07. The molecule has 0 radical (unpaired) electrons. The van der Waals surface area contributed by atoms with E-state index in [4.69, 9.17) is 16.3 Å². The Morgan fingerprint density at radius 2 is 1.55 bits per heavy atom. The Labute approximate surface area is 256 Å². The second kappa shape index (κ2) is 13.5. The monoisotopic (exact) mass is 584 g/mol. The average molecular weight is 585 g/mol. The number of halogens is 1. The molecule has 2 fully saturated rings. The minimum atomic E-state index is 0.426. The first-order valence-corrected chi connectivity index (χ1v) is 16.2. The molecule has 0 spiro atoms. The summed E-state index contributed by atoms with van der Waals surface area (Å²) in [4.78, 5) is 7.53. The van der Waals surface area contributed by atoms with E-state index in [-0.39, 0.29) is 0 Å². The Balaban J connectivity index is 1.34. The molecule has 1 atom stereocenters. The lowest BCUT2D eigenvalue weighted by molar-refractivity contribution is 0.139. The number of fused-ring (bicyclic) bond motifs is 1. The van der Waals surface area contributed by atoms with Crippen molar-refractivity contribution < 1.29 is 4.74 Å². The predicted molar refractivity (Wildman–Crippen MR) is 176 cm³/mol. The summed E-state index contributed by atoms with van der Waals surface area (Å²) in [5.74, 6) is 0.856. The summed E-state index contributed by atoms with van der Waals surface area (Å²) in [5, 5.41) is 2.09. The minimum absolute atomic E-state index is 0.426. The molecule has 0 bridgehead atoms. The van der Waals surface area contributed by atoms with E-state index in [0.29, 0.717) is 12.6 Å². The predicted octanol–water partition coefficient (Wildman–Crippen LogP) is 8.15. The Kier molecular flexibility index (Phi) is 9.38. The van der Waals surface area contributed by atoms with Crippen LogP contribution in [0.1, 0.15) is 61.4 Å². The van der Waals surface area contributed by atoms with Gasteiger partial charge in [-0.05, 0) is 98.9 Å². The Morgan fingerprint density at radius 1 is 0.810 bits per heavy atom. The van der Waals surface area contributed by atoms with Gasteiger partial charge in [0.15, 0.2) is 0 Å². The van der Waals surface area contributed by atoms with Crippen LogP contribution in [0.25, 0.3) is 10.9 Å². The summed E-state index contributed by atoms with van der Waals surface area (Å²) < 4.78 is 9.03. The van der Waals surface area contributed by atoms with Gasteiger partial charge in [-0.25, -0.2) is 0 Å². The average Bonchev–Trinajstić information content (AvgIpc) is 3.32. The molecule has 2 aliphatic rings. The molecule has 0 aliphatic carbocycles. The van der Waals surface area contributed by atoms with E-state index in [0.717, 1.165) is 37.0 Å². The second-order valence-corrected chi connectivity index (χ2v) is 12.6. The van der Waals surface area contributed by atoms with E-state index in [1.165, 1.54) is 85.0 Å². The van der Waals surface area contributed by atoms with Crippen LogP contribution in [-0.4, -0.2) is 54.6 Å². The van der Waals surface area contributed by atoms with Crippen molar-refractivity contribution in [2.24, 2.45) is 0 Å². The van der Waals surface area contributed by atoms with Crippen LogP contribution in [0, 0.1) is 0 Å². The number of hydrogen-bond acceptors (Lipinski definition) is 4. The van der Waals surface area contributed by atoms with Crippen LogP contribution in [0.15, 0.2) is 72.8 Å². The largest absolute Gasteiger partial charge is 0.487 e. The van der Waals surface area contributed by atoms with Crippen LogP contribution in [0.2, 0.25) is 5.02 Å². The van der Waals surface area contributed by atoms with Crippen LogP contribution < -0.4 is 9.64 Å². The number of aromatic nitrogens is 1. The number of likely N-dealkylation sites (tertiary alicyclic amines) is 2. The lowest BCUT2D eigenvalue weighted by atomic mass is 9.94. The maximum absolute atomic E-state index is 6.47. The third-order valence-electron chi connectivity index (χ3n) is 9.24. The van der Waals surface area contributed by atoms with E-state index in [2.05, 4.69) is 81.9 Å². The lowest BCUT2D eigenvalue weighted by Gasteiger charge is -2.36. The number of rotatable bonds is 10. The molecule has 6 rings (SSSR count). The zero-order valence-electron chi connectivity index (χ0n) is 25.3. The Bertz CT molecular complexity index is 1440. The van der Waals surface area contributed by atoms with E-state index >= 15 is 0 Å². The van der Waals surface area contributed by atoms with Gasteiger partial charge in [0.1, 0.15) is 12.4 Å². The smallest absolute Gasteiger partial charge is 0.129 e. The summed E-state index contributed by atoms with van der Waals surface area (Å²) >= 11 is 6.17. The van der Waals surface area contributed by atoms with Crippen molar-refractivity contribution in [2.75, 3.05) is 45.2 Å². The van der Waals surface area contributed by atoms with Crippen molar-refractivity contribution in [3.05, 3.63) is 94.6 Å². The molecule has 2 aliphatic heterocycles. The molecular formula is C36H45ClN4O. The standard InChI is InChI=1S/C36H45ClN4O/c1-38(2)30-17-13-28(14-18-30)34-11-6-9-23-40(34)26-33-32-10-4-5-12-35(32)41(25-24-39-21-7-3-8-22-39)36(33)27-42-31-19-15-29(37)16-20-31/h4-5,10,12-20,34H,3,6-9,11,21-27H2,1-2H3. The van der Waals surface area contributed by atoms with Gasteiger partial charge in [-0.1, -0.05) is 54.8 Å². The Hall–Kier alpha value is -2.99.